The zero-order valence-electron chi connectivity index (χ0n) is 16.6. The second kappa shape index (κ2) is 7.84. The van der Waals surface area contributed by atoms with Gasteiger partial charge in [0, 0.05) is 30.6 Å². The van der Waals surface area contributed by atoms with Crippen LogP contribution in [0.5, 0.6) is 0 Å². The number of rotatable bonds is 7. The first-order chi connectivity index (χ1) is 13.6. The second-order valence-electron chi connectivity index (χ2n) is 7.15. The zero-order chi connectivity index (χ0) is 19.7. The Morgan fingerprint density at radius 3 is 2.89 bits per heavy atom. The minimum absolute atomic E-state index is 0. The SMILES string of the molecule is CCCn1c(SCC(=O)c2c[nH]c3c(CC)cccc23)nc2cc(C)ccc21.[HH]. The summed E-state index contributed by atoms with van der Waals surface area (Å²) >= 11 is 1.53. The van der Waals surface area contributed by atoms with Gasteiger partial charge >= 0.3 is 0 Å². The molecular formula is C23H27N3OS. The minimum atomic E-state index is 0. The number of ketones is 1. The highest BCUT2D eigenvalue weighted by Gasteiger charge is 2.17. The van der Waals surface area contributed by atoms with Crippen molar-refractivity contribution in [2.24, 2.45) is 0 Å². The number of nitrogens with one attached hydrogen (secondary N) is 1. The molecule has 4 aromatic rings. The highest BCUT2D eigenvalue weighted by molar-refractivity contribution is 7.99. The molecule has 4 rings (SSSR count). The molecule has 0 radical (unpaired) electrons. The van der Waals surface area contributed by atoms with Gasteiger partial charge in [-0.25, -0.2) is 4.98 Å². The van der Waals surface area contributed by atoms with E-state index in [4.69, 9.17) is 4.98 Å². The van der Waals surface area contributed by atoms with Gasteiger partial charge in [0.15, 0.2) is 10.9 Å². The number of H-pyrrole nitrogens is 1. The van der Waals surface area contributed by atoms with Crippen molar-refractivity contribution in [3.8, 4) is 0 Å². The third-order valence-corrected chi connectivity index (χ3v) is 6.11. The largest absolute Gasteiger partial charge is 0.360 e. The van der Waals surface area contributed by atoms with Gasteiger partial charge < -0.3 is 9.55 Å². The molecule has 4 nitrogen and oxygen atoms in total. The van der Waals surface area contributed by atoms with E-state index in [1.807, 2.05) is 18.3 Å². The lowest BCUT2D eigenvalue weighted by Crippen LogP contribution is -2.04. The molecule has 0 unspecified atom stereocenters. The van der Waals surface area contributed by atoms with Crippen LogP contribution in [0.1, 0.15) is 43.2 Å². The molecule has 0 fully saturated rings. The maximum absolute atomic E-state index is 13.0. The topological polar surface area (TPSA) is 50.7 Å². The summed E-state index contributed by atoms with van der Waals surface area (Å²) in [5.74, 6) is 0.519. The van der Waals surface area contributed by atoms with Crippen LogP contribution in [0.2, 0.25) is 0 Å². The number of aromatic amines is 1. The summed E-state index contributed by atoms with van der Waals surface area (Å²) in [6.45, 7) is 7.28. The Morgan fingerprint density at radius 2 is 2.11 bits per heavy atom. The molecule has 2 aromatic heterocycles. The van der Waals surface area contributed by atoms with Crippen molar-refractivity contribution in [3.63, 3.8) is 0 Å². The van der Waals surface area contributed by atoms with Crippen molar-refractivity contribution in [2.75, 3.05) is 5.75 Å². The smallest absolute Gasteiger partial charge is 0.175 e. The molecule has 0 aliphatic heterocycles. The molecule has 0 spiro atoms. The number of Topliss-reactive ketones (excluding diaryl/α,β-unsaturated/α-hetero) is 1. The van der Waals surface area contributed by atoms with E-state index in [9.17, 15) is 4.79 Å². The molecule has 0 amide bonds. The number of fused-ring (bicyclic) bond motifs is 2. The number of aryl methyl sites for hydroxylation is 3. The monoisotopic (exact) mass is 393 g/mol. The fourth-order valence-corrected chi connectivity index (χ4v) is 4.64. The first-order valence-corrected chi connectivity index (χ1v) is 10.8. The number of imidazole rings is 1. The first kappa shape index (κ1) is 18.8. The van der Waals surface area contributed by atoms with E-state index >= 15 is 0 Å². The molecule has 2 heterocycles. The summed E-state index contributed by atoms with van der Waals surface area (Å²) in [4.78, 5) is 21.0. The number of benzene rings is 2. The third kappa shape index (κ3) is 3.35. The van der Waals surface area contributed by atoms with E-state index in [1.165, 1.54) is 22.9 Å². The molecule has 1 N–H and O–H groups in total. The Morgan fingerprint density at radius 1 is 1.25 bits per heavy atom. The molecule has 0 bridgehead atoms. The summed E-state index contributed by atoms with van der Waals surface area (Å²) in [5, 5.41) is 1.94. The quantitative estimate of drug-likeness (QED) is 0.308. The maximum atomic E-state index is 13.0. The van der Waals surface area contributed by atoms with Crippen molar-refractivity contribution >= 4 is 39.5 Å². The van der Waals surface area contributed by atoms with Crippen LogP contribution in [-0.2, 0) is 13.0 Å². The van der Waals surface area contributed by atoms with E-state index in [2.05, 4.69) is 54.6 Å². The molecule has 0 saturated carbocycles. The van der Waals surface area contributed by atoms with Gasteiger partial charge in [0.1, 0.15) is 0 Å². The number of carbonyl (C=O) groups excluding carboxylic acids is 1. The number of para-hydroxylation sites is 1. The number of hydrogen-bond donors (Lipinski definition) is 1. The third-order valence-electron chi connectivity index (χ3n) is 5.13. The van der Waals surface area contributed by atoms with Gasteiger partial charge in [0.25, 0.3) is 0 Å². The van der Waals surface area contributed by atoms with Crippen molar-refractivity contribution < 1.29 is 6.22 Å². The Balaban J connectivity index is 0.00000240. The summed E-state index contributed by atoms with van der Waals surface area (Å²) in [7, 11) is 0. The lowest BCUT2D eigenvalue weighted by molar-refractivity contribution is 0.102. The van der Waals surface area contributed by atoms with Crippen molar-refractivity contribution in [2.45, 2.75) is 45.3 Å². The average Bonchev–Trinajstić information content (AvgIpc) is 3.27. The second-order valence-corrected chi connectivity index (χ2v) is 8.09. The first-order valence-electron chi connectivity index (χ1n) is 9.84. The highest BCUT2D eigenvalue weighted by atomic mass is 32.2. The van der Waals surface area contributed by atoms with Crippen LogP contribution >= 0.6 is 11.8 Å². The van der Waals surface area contributed by atoms with E-state index in [0.717, 1.165) is 52.0 Å². The number of aromatic nitrogens is 3. The number of nitrogens with zero attached hydrogens (tertiary/aromatic N) is 2. The van der Waals surface area contributed by atoms with Crippen LogP contribution in [-0.4, -0.2) is 26.1 Å². The minimum Gasteiger partial charge on any atom is -0.360 e. The summed E-state index contributed by atoms with van der Waals surface area (Å²) in [6.07, 6.45) is 3.83. The van der Waals surface area contributed by atoms with Gasteiger partial charge in [-0.2, -0.15) is 0 Å². The van der Waals surface area contributed by atoms with Crippen LogP contribution in [0.4, 0.5) is 0 Å². The van der Waals surface area contributed by atoms with E-state index < -0.39 is 0 Å². The van der Waals surface area contributed by atoms with Crippen LogP contribution in [0.3, 0.4) is 0 Å². The lowest BCUT2D eigenvalue weighted by atomic mass is 10.1. The van der Waals surface area contributed by atoms with E-state index in [1.54, 1.807) is 0 Å². The van der Waals surface area contributed by atoms with Gasteiger partial charge in [0.2, 0.25) is 0 Å². The van der Waals surface area contributed by atoms with Gasteiger partial charge in [-0.15, -0.1) is 0 Å². The highest BCUT2D eigenvalue weighted by Crippen LogP contribution is 2.28. The number of carbonyl (C=O) groups is 1. The van der Waals surface area contributed by atoms with Gasteiger partial charge in [-0.1, -0.05) is 49.9 Å². The van der Waals surface area contributed by atoms with Crippen LogP contribution in [0.15, 0.2) is 47.8 Å². The molecule has 5 heteroatoms. The molecule has 28 heavy (non-hydrogen) atoms. The number of thioether (sulfide) groups is 1. The van der Waals surface area contributed by atoms with E-state index in [0.29, 0.717) is 5.75 Å². The predicted octanol–water partition coefficient (Wildman–Crippen LogP) is 6.02. The maximum Gasteiger partial charge on any atom is 0.175 e. The van der Waals surface area contributed by atoms with Crippen molar-refractivity contribution in [3.05, 3.63) is 59.3 Å². The fraction of sp³-hybridized carbons (Fsp3) is 0.304. The fourth-order valence-electron chi connectivity index (χ4n) is 3.72. The van der Waals surface area contributed by atoms with Crippen LogP contribution in [0, 0.1) is 6.92 Å². The van der Waals surface area contributed by atoms with Gasteiger partial charge in [0.05, 0.1) is 16.8 Å². The Labute approximate surface area is 170 Å². The molecule has 2 aromatic carbocycles. The molecule has 0 aliphatic carbocycles. The molecule has 0 saturated heterocycles. The summed E-state index contributed by atoms with van der Waals surface area (Å²) < 4.78 is 2.23. The Bertz CT molecular complexity index is 1160. The Hall–Kier alpha value is -2.53. The molecular weight excluding hydrogens is 366 g/mol. The summed E-state index contributed by atoms with van der Waals surface area (Å²) in [6, 6.07) is 12.5. The Kier molecular flexibility index (Phi) is 5.27. The van der Waals surface area contributed by atoms with Gasteiger partial charge in [-0.3, -0.25) is 4.79 Å². The van der Waals surface area contributed by atoms with Crippen molar-refractivity contribution in [1.29, 1.82) is 0 Å². The lowest BCUT2D eigenvalue weighted by Gasteiger charge is -2.07. The van der Waals surface area contributed by atoms with Gasteiger partial charge in [-0.05, 0) is 43.0 Å². The van der Waals surface area contributed by atoms with Crippen LogP contribution in [0.25, 0.3) is 21.9 Å². The molecule has 146 valence electrons. The molecule has 0 atom stereocenters. The average molecular weight is 394 g/mol. The van der Waals surface area contributed by atoms with Crippen LogP contribution < -0.4 is 0 Å². The molecule has 0 aliphatic rings. The predicted molar refractivity (Wildman–Crippen MR) is 120 cm³/mol. The van der Waals surface area contributed by atoms with E-state index in [-0.39, 0.29) is 7.21 Å². The standard InChI is InChI=1S/C23H25N3OS.H2/c1-4-11-26-20-10-9-15(3)12-19(20)25-23(26)28-14-21(27)18-13-24-22-16(5-2)7-6-8-17(18)22;/h6-10,12-13,24H,4-5,11,14H2,1-3H3;1H. The normalized spacial score (nSPS) is 11.5. The van der Waals surface area contributed by atoms with Crippen molar-refractivity contribution in [1.82, 2.24) is 14.5 Å². The number of hydrogen-bond acceptors (Lipinski definition) is 3. The zero-order valence-corrected chi connectivity index (χ0v) is 17.4. The summed E-state index contributed by atoms with van der Waals surface area (Å²) in [5.41, 5.74) is 6.43.